The predicted octanol–water partition coefficient (Wildman–Crippen LogP) is 1.17. The lowest BCUT2D eigenvalue weighted by Gasteiger charge is -2.05. The van der Waals surface area contributed by atoms with Gasteiger partial charge in [0.25, 0.3) is 0 Å². The Morgan fingerprint density at radius 3 is 2.50 bits per heavy atom. The number of rotatable bonds is 2. The topological polar surface area (TPSA) is 65.6 Å². The van der Waals surface area contributed by atoms with Crippen LogP contribution in [0.15, 0.2) is 48.0 Å². The van der Waals surface area contributed by atoms with Crippen LogP contribution in [0.4, 0.5) is 4.39 Å². The van der Waals surface area contributed by atoms with Crippen LogP contribution in [-0.4, -0.2) is 24.3 Å². The minimum Gasteiger partial charge on any atom is -0.247 e. The van der Waals surface area contributed by atoms with Crippen molar-refractivity contribution in [3.8, 4) is 16.8 Å². The Morgan fingerprint density at radius 2 is 1.90 bits per heavy atom. The smallest absolute Gasteiger partial charge is 0.247 e. The molecule has 0 saturated heterocycles. The largest absolute Gasteiger partial charge is 0.350 e. The summed E-state index contributed by atoms with van der Waals surface area (Å²) in [4.78, 5) is 19.5. The number of hydrogen-bond acceptors (Lipinski definition) is 4. The van der Waals surface area contributed by atoms with E-state index in [2.05, 4.69) is 15.1 Å². The van der Waals surface area contributed by atoms with Crippen molar-refractivity contribution in [1.82, 2.24) is 24.3 Å². The van der Waals surface area contributed by atoms with E-state index in [-0.39, 0.29) is 5.69 Å². The summed E-state index contributed by atoms with van der Waals surface area (Å²) < 4.78 is 16.5. The maximum atomic E-state index is 14.2. The van der Waals surface area contributed by atoms with Crippen LogP contribution in [-0.2, 0) is 7.05 Å². The van der Waals surface area contributed by atoms with Crippen LogP contribution < -0.4 is 5.69 Å². The summed E-state index contributed by atoms with van der Waals surface area (Å²) in [5, 5.41) is 3.79. The van der Waals surface area contributed by atoms with E-state index in [1.807, 2.05) is 0 Å². The van der Waals surface area contributed by atoms with Gasteiger partial charge in [-0.1, -0.05) is 6.07 Å². The fourth-order valence-electron chi connectivity index (χ4n) is 1.88. The first kappa shape index (κ1) is 12.2. The third kappa shape index (κ3) is 1.99. The molecule has 0 spiro atoms. The SMILES string of the molecule is Cn1ncn(-c2ccc(-c3cncnc3)cc2F)c1=O. The average Bonchev–Trinajstić information content (AvgIpc) is 2.80. The Morgan fingerprint density at radius 1 is 1.15 bits per heavy atom. The second-order valence-corrected chi connectivity index (χ2v) is 4.20. The first-order valence-electron chi connectivity index (χ1n) is 5.83. The van der Waals surface area contributed by atoms with Crippen LogP contribution in [0.3, 0.4) is 0 Å². The first-order chi connectivity index (χ1) is 9.66. The third-order valence-electron chi connectivity index (χ3n) is 2.92. The third-order valence-corrected chi connectivity index (χ3v) is 2.92. The summed E-state index contributed by atoms with van der Waals surface area (Å²) >= 11 is 0. The molecular weight excluding hydrogens is 261 g/mol. The van der Waals surface area contributed by atoms with Crippen molar-refractivity contribution in [2.45, 2.75) is 0 Å². The van der Waals surface area contributed by atoms with Crippen LogP contribution in [0.5, 0.6) is 0 Å². The zero-order valence-electron chi connectivity index (χ0n) is 10.6. The molecule has 0 bridgehead atoms. The number of aryl methyl sites for hydroxylation is 1. The molecule has 0 aliphatic carbocycles. The quantitative estimate of drug-likeness (QED) is 0.701. The summed E-state index contributed by atoms with van der Waals surface area (Å²) in [5.74, 6) is -0.513. The maximum absolute atomic E-state index is 14.2. The molecule has 3 aromatic rings. The molecule has 1 aromatic carbocycles. The van der Waals surface area contributed by atoms with E-state index >= 15 is 0 Å². The van der Waals surface area contributed by atoms with Gasteiger partial charge < -0.3 is 0 Å². The van der Waals surface area contributed by atoms with Crippen molar-refractivity contribution in [2.75, 3.05) is 0 Å². The molecular formula is C13H10FN5O. The van der Waals surface area contributed by atoms with E-state index in [0.717, 1.165) is 9.25 Å². The fourth-order valence-corrected chi connectivity index (χ4v) is 1.88. The van der Waals surface area contributed by atoms with E-state index < -0.39 is 11.5 Å². The van der Waals surface area contributed by atoms with Gasteiger partial charge in [-0.05, 0) is 17.7 Å². The maximum Gasteiger partial charge on any atom is 0.350 e. The number of nitrogens with zero attached hydrogens (tertiary/aromatic N) is 5. The van der Waals surface area contributed by atoms with Gasteiger partial charge in [0.05, 0.1) is 5.69 Å². The van der Waals surface area contributed by atoms with E-state index in [1.165, 1.54) is 31.8 Å². The average molecular weight is 271 g/mol. The molecule has 0 atom stereocenters. The summed E-state index contributed by atoms with van der Waals surface area (Å²) in [7, 11) is 1.51. The molecule has 3 rings (SSSR count). The highest BCUT2D eigenvalue weighted by Gasteiger charge is 2.10. The van der Waals surface area contributed by atoms with Gasteiger partial charge >= 0.3 is 5.69 Å². The zero-order valence-corrected chi connectivity index (χ0v) is 10.6. The molecule has 100 valence electrons. The molecule has 0 amide bonds. The highest BCUT2D eigenvalue weighted by atomic mass is 19.1. The molecule has 2 aromatic heterocycles. The van der Waals surface area contributed by atoms with Gasteiger partial charge in [0.15, 0.2) is 0 Å². The Bertz CT molecular complexity index is 809. The van der Waals surface area contributed by atoms with Crippen molar-refractivity contribution in [1.29, 1.82) is 0 Å². The van der Waals surface area contributed by atoms with Crippen molar-refractivity contribution in [2.24, 2.45) is 7.05 Å². The fraction of sp³-hybridized carbons (Fsp3) is 0.0769. The highest BCUT2D eigenvalue weighted by Crippen LogP contribution is 2.21. The summed E-state index contributed by atoms with van der Waals surface area (Å²) in [6, 6.07) is 4.57. The van der Waals surface area contributed by atoms with Gasteiger partial charge in [-0.2, -0.15) is 5.10 Å². The molecule has 0 fully saturated rings. The molecule has 7 heteroatoms. The Kier molecular flexibility index (Phi) is 2.86. The van der Waals surface area contributed by atoms with Gasteiger partial charge in [-0.3, -0.25) is 0 Å². The second kappa shape index (κ2) is 4.69. The number of halogens is 1. The number of benzene rings is 1. The molecule has 0 saturated carbocycles. The predicted molar refractivity (Wildman–Crippen MR) is 69.8 cm³/mol. The molecule has 20 heavy (non-hydrogen) atoms. The molecule has 0 radical (unpaired) electrons. The Balaban J connectivity index is 2.09. The van der Waals surface area contributed by atoms with Crippen molar-refractivity contribution >= 4 is 0 Å². The number of aromatic nitrogens is 5. The molecule has 0 aliphatic rings. The Labute approximate surface area is 113 Å². The minimum absolute atomic E-state index is 0.156. The van der Waals surface area contributed by atoms with Gasteiger partial charge in [-0.15, -0.1) is 0 Å². The number of hydrogen-bond donors (Lipinski definition) is 0. The van der Waals surface area contributed by atoms with Crippen molar-refractivity contribution in [3.63, 3.8) is 0 Å². The van der Waals surface area contributed by atoms with Gasteiger partial charge in [0.1, 0.15) is 18.5 Å². The van der Waals surface area contributed by atoms with Gasteiger partial charge in [-0.25, -0.2) is 28.4 Å². The summed E-state index contributed by atoms with van der Waals surface area (Å²) in [6.45, 7) is 0. The van der Waals surface area contributed by atoms with Crippen LogP contribution in [0.25, 0.3) is 16.8 Å². The molecule has 2 heterocycles. The lowest BCUT2D eigenvalue weighted by molar-refractivity contribution is 0.615. The monoisotopic (exact) mass is 271 g/mol. The van der Waals surface area contributed by atoms with E-state index in [1.54, 1.807) is 18.5 Å². The van der Waals surface area contributed by atoms with Crippen LogP contribution in [0, 0.1) is 5.82 Å². The molecule has 6 nitrogen and oxygen atoms in total. The lowest BCUT2D eigenvalue weighted by Crippen LogP contribution is -2.21. The summed E-state index contributed by atoms with van der Waals surface area (Å²) in [5.41, 5.74) is 1.10. The van der Waals surface area contributed by atoms with Crippen LogP contribution in [0.2, 0.25) is 0 Å². The normalized spacial score (nSPS) is 10.7. The Hall–Kier alpha value is -2.83. The van der Waals surface area contributed by atoms with Crippen molar-refractivity contribution in [3.05, 3.63) is 59.5 Å². The first-order valence-corrected chi connectivity index (χ1v) is 5.83. The highest BCUT2D eigenvalue weighted by molar-refractivity contribution is 5.63. The molecule has 0 aliphatic heterocycles. The van der Waals surface area contributed by atoms with E-state index in [0.29, 0.717) is 11.1 Å². The minimum atomic E-state index is -0.513. The zero-order chi connectivity index (χ0) is 14.1. The summed E-state index contributed by atoms with van der Waals surface area (Å²) in [6.07, 6.45) is 5.88. The second-order valence-electron chi connectivity index (χ2n) is 4.20. The lowest BCUT2D eigenvalue weighted by atomic mass is 10.1. The van der Waals surface area contributed by atoms with Gasteiger partial charge in [0, 0.05) is 25.0 Å². The standard InChI is InChI=1S/C13H10FN5O/c1-18-13(20)19(8-17-18)12-3-2-9(4-11(12)14)10-5-15-7-16-6-10/h2-8H,1H3. The van der Waals surface area contributed by atoms with Crippen molar-refractivity contribution < 1.29 is 4.39 Å². The molecule has 0 N–H and O–H groups in total. The van der Waals surface area contributed by atoms with Crippen LogP contribution in [0.1, 0.15) is 0 Å². The van der Waals surface area contributed by atoms with Crippen LogP contribution >= 0.6 is 0 Å². The van der Waals surface area contributed by atoms with Gasteiger partial charge in [0.2, 0.25) is 0 Å². The van der Waals surface area contributed by atoms with E-state index in [4.69, 9.17) is 0 Å². The van der Waals surface area contributed by atoms with E-state index in [9.17, 15) is 9.18 Å². The molecule has 0 unspecified atom stereocenters.